The first-order chi connectivity index (χ1) is 10.3. The highest BCUT2D eigenvalue weighted by molar-refractivity contribution is 7.15. The molecule has 0 radical (unpaired) electrons. The highest BCUT2D eigenvalue weighted by Crippen LogP contribution is 2.19. The van der Waals surface area contributed by atoms with Crippen molar-refractivity contribution >= 4 is 33.7 Å². The van der Waals surface area contributed by atoms with Crippen LogP contribution >= 0.6 is 22.7 Å². The largest absolute Gasteiger partial charge is 0.296 e. The van der Waals surface area contributed by atoms with Crippen LogP contribution in [0.5, 0.6) is 0 Å². The Morgan fingerprint density at radius 1 is 1.19 bits per heavy atom. The number of thiophene rings is 1. The fourth-order valence-corrected chi connectivity index (χ4v) is 3.44. The van der Waals surface area contributed by atoms with Crippen LogP contribution in [-0.4, -0.2) is 16.1 Å². The third-order valence-electron chi connectivity index (χ3n) is 3.21. The molecule has 0 fully saturated rings. The van der Waals surface area contributed by atoms with Crippen molar-refractivity contribution in [3.63, 3.8) is 0 Å². The Hall–Kier alpha value is -1.27. The summed E-state index contributed by atoms with van der Waals surface area (Å²) in [5, 5.41) is 16.3. The maximum atomic E-state index is 11.9. The molecular formula is C15H21N3OS2. The van der Waals surface area contributed by atoms with Gasteiger partial charge in [-0.05, 0) is 17.9 Å². The molecule has 4 nitrogen and oxygen atoms in total. The molecule has 114 valence electrons. The molecule has 0 unspecified atom stereocenters. The zero-order chi connectivity index (χ0) is 14.9. The van der Waals surface area contributed by atoms with E-state index in [0.29, 0.717) is 10.7 Å². The number of carbonyl (C=O) groups excluding carboxylic acids is 1. The molecule has 0 aromatic carbocycles. The number of unbranched alkanes of at least 4 members (excludes halogenated alkanes) is 5. The fraction of sp³-hybridized carbons (Fsp3) is 0.533. The van der Waals surface area contributed by atoms with Gasteiger partial charge in [-0.1, -0.05) is 50.4 Å². The van der Waals surface area contributed by atoms with Crippen LogP contribution in [0.2, 0.25) is 0 Å². The molecule has 6 heteroatoms. The Labute approximate surface area is 133 Å². The van der Waals surface area contributed by atoms with Gasteiger partial charge in [-0.3, -0.25) is 10.1 Å². The number of aromatic nitrogens is 2. The number of aryl methyl sites for hydroxylation is 1. The normalized spacial score (nSPS) is 10.7. The van der Waals surface area contributed by atoms with Gasteiger partial charge in [-0.15, -0.1) is 10.2 Å². The van der Waals surface area contributed by atoms with Crippen LogP contribution in [-0.2, 0) is 6.42 Å². The fourth-order valence-electron chi connectivity index (χ4n) is 2.02. The number of hydrogen-bond donors (Lipinski definition) is 1. The average molecular weight is 323 g/mol. The lowest BCUT2D eigenvalue weighted by Gasteiger charge is -1.98. The Morgan fingerprint density at radius 2 is 2.00 bits per heavy atom. The predicted molar refractivity (Wildman–Crippen MR) is 89.3 cm³/mol. The van der Waals surface area contributed by atoms with Gasteiger partial charge in [0.1, 0.15) is 5.01 Å². The van der Waals surface area contributed by atoms with E-state index in [1.807, 2.05) is 10.8 Å². The van der Waals surface area contributed by atoms with E-state index in [-0.39, 0.29) is 5.91 Å². The van der Waals surface area contributed by atoms with Gasteiger partial charge < -0.3 is 0 Å². The summed E-state index contributed by atoms with van der Waals surface area (Å²) in [6.45, 7) is 2.23. The molecule has 2 aromatic rings. The van der Waals surface area contributed by atoms with Crippen LogP contribution in [0.1, 0.15) is 60.8 Å². The lowest BCUT2D eigenvalue weighted by molar-refractivity contribution is 0.102. The smallest absolute Gasteiger partial charge is 0.258 e. The molecular weight excluding hydrogens is 302 g/mol. The summed E-state index contributed by atoms with van der Waals surface area (Å²) in [6, 6.07) is 1.80. The number of nitrogens with one attached hydrogen (secondary N) is 1. The number of rotatable bonds is 9. The Balaban J connectivity index is 1.70. The average Bonchev–Trinajstić information content (AvgIpc) is 3.14. The first kappa shape index (κ1) is 16.1. The van der Waals surface area contributed by atoms with Crippen molar-refractivity contribution in [2.24, 2.45) is 0 Å². The minimum atomic E-state index is -0.112. The molecule has 0 saturated heterocycles. The van der Waals surface area contributed by atoms with E-state index in [9.17, 15) is 4.79 Å². The number of nitrogens with zero attached hydrogens (tertiary/aromatic N) is 2. The van der Waals surface area contributed by atoms with E-state index in [1.54, 1.807) is 6.07 Å². The van der Waals surface area contributed by atoms with Crippen LogP contribution in [0.4, 0.5) is 5.13 Å². The van der Waals surface area contributed by atoms with Gasteiger partial charge in [0.05, 0.1) is 5.56 Å². The summed E-state index contributed by atoms with van der Waals surface area (Å²) >= 11 is 2.99. The van der Waals surface area contributed by atoms with Gasteiger partial charge in [0.25, 0.3) is 5.91 Å². The zero-order valence-electron chi connectivity index (χ0n) is 12.3. The molecule has 0 bridgehead atoms. The van der Waals surface area contributed by atoms with Crippen LogP contribution in [0.15, 0.2) is 16.8 Å². The van der Waals surface area contributed by atoms with E-state index >= 15 is 0 Å². The highest BCUT2D eigenvalue weighted by atomic mass is 32.1. The molecule has 0 saturated carbocycles. The summed E-state index contributed by atoms with van der Waals surface area (Å²) < 4.78 is 0. The van der Waals surface area contributed by atoms with Gasteiger partial charge >= 0.3 is 0 Å². The molecule has 2 rings (SSSR count). The van der Waals surface area contributed by atoms with Gasteiger partial charge in [0, 0.05) is 11.8 Å². The molecule has 2 heterocycles. The lowest BCUT2D eigenvalue weighted by Crippen LogP contribution is -2.10. The number of amides is 1. The van der Waals surface area contributed by atoms with Crippen molar-refractivity contribution in [3.8, 4) is 0 Å². The van der Waals surface area contributed by atoms with Crippen molar-refractivity contribution < 1.29 is 4.79 Å². The Kier molecular flexibility index (Phi) is 6.82. The second-order valence-corrected chi connectivity index (χ2v) is 6.83. The summed E-state index contributed by atoms with van der Waals surface area (Å²) in [6.07, 6.45) is 8.59. The first-order valence-electron chi connectivity index (χ1n) is 7.45. The first-order valence-corrected chi connectivity index (χ1v) is 9.21. The summed E-state index contributed by atoms with van der Waals surface area (Å²) in [7, 11) is 0. The van der Waals surface area contributed by atoms with Gasteiger partial charge in [-0.2, -0.15) is 11.3 Å². The monoisotopic (exact) mass is 323 g/mol. The predicted octanol–water partition coefficient (Wildman–Crippen LogP) is 4.75. The van der Waals surface area contributed by atoms with E-state index < -0.39 is 0 Å². The number of hydrogen-bond acceptors (Lipinski definition) is 5. The minimum Gasteiger partial charge on any atom is -0.296 e. The van der Waals surface area contributed by atoms with Gasteiger partial charge in [0.15, 0.2) is 0 Å². The highest BCUT2D eigenvalue weighted by Gasteiger charge is 2.10. The second-order valence-electron chi connectivity index (χ2n) is 4.98. The van der Waals surface area contributed by atoms with Crippen LogP contribution in [0.25, 0.3) is 0 Å². The van der Waals surface area contributed by atoms with E-state index in [1.165, 1.54) is 54.8 Å². The van der Waals surface area contributed by atoms with Gasteiger partial charge in [-0.25, -0.2) is 0 Å². The topological polar surface area (TPSA) is 54.9 Å². The number of anilines is 1. The maximum absolute atomic E-state index is 11.9. The molecule has 21 heavy (non-hydrogen) atoms. The van der Waals surface area contributed by atoms with Crippen molar-refractivity contribution in [1.82, 2.24) is 10.2 Å². The van der Waals surface area contributed by atoms with Crippen molar-refractivity contribution in [2.45, 2.75) is 51.9 Å². The van der Waals surface area contributed by atoms with Gasteiger partial charge in [0.2, 0.25) is 5.13 Å². The van der Waals surface area contributed by atoms with E-state index in [2.05, 4.69) is 22.4 Å². The second kappa shape index (κ2) is 8.89. The van der Waals surface area contributed by atoms with Crippen molar-refractivity contribution in [3.05, 3.63) is 27.4 Å². The molecule has 1 N–H and O–H groups in total. The van der Waals surface area contributed by atoms with Crippen molar-refractivity contribution in [2.75, 3.05) is 5.32 Å². The molecule has 0 spiro atoms. The van der Waals surface area contributed by atoms with Crippen LogP contribution in [0, 0.1) is 0 Å². The van der Waals surface area contributed by atoms with Crippen molar-refractivity contribution in [1.29, 1.82) is 0 Å². The summed E-state index contributed by atoms with van der Waals surface area (Å²) in [5.41, 5.74) is 0.674. The molecule has 0 atom stereocenters. The molecule has 0 aliphatic heterocycles. The molecule has 2 aromatic heterocycles. The molecule has 0 aliphatic carbocycles. The summed E-state index contributed by atoms with van der Waals surface area (Å²) in [4.78, 5) is 11.9. The SMILES string of the molecule is CCCCCCCCc1nnc(NC(=O)c2ccsc2)s1. The Bertz CT molecular complexity index is 537. The standard InChI is InChI=1S/C15H21N3OS2/c1-2-3-4-5-6-7-8-13-17-18-15(21-13)16-14(19)12-9-10-20-11-12/h9-11H,2-8H2,1H3,(H,16,18,19). The summed E-state index contributed by atoms with van der Waals surface area (Å²) in [5.74, 6) is -0.112. The van der Waals surface area contributed by atoms with E-state index in [0.717, 1.165) is 17.8 Å². The third kappa shape index (κ3) is 5.55. The lowest BCUT2D eigenvalue weighted by atomic mass is 10.1. The minimum absolute atomic E-state index is 0.112. The van der Waals surface area contributed by atoms with E-state index in [4.69, 9.17) is 0 Å². The molecule has 1 amide bonds. The zero-order valence-corrected chi connectivity index (χ0v) is 13.9. The maximum Gasteiger partial charge on any atom is 0.258 e. The Morgan fingerprint density at radius 3 is 2.76 bits per heavy atom. The quantitative estimate of drug-likeness (QED) is 0.677. The van der Waals surface area contributed by atoms with Crippen LogP contribution < -0.4 is 5.32 Å². The molecule has 0 aliphatic rings. The van der Waals surface area contributed by atoms with Crippen LogP contribution in [0.3, 0.4) is 0 Å². The number of carbonyl (C=O) groups is 1. The third-order valence-corrected chi connectivity index (χ3v) is 4.80.